The van der Waals surface area contributed by atoms with E-state index in [-0.39, 0.29) is 37.6 Å². The standard InChI is InChI=1S/C21H23NO3S.C14H17NO3S.CH4/c1-15(2)25-20(23)21(13-16-7-5-4-6-8-16)14-26-19(22-21)17-9-11-18(24-3)12-10-17;1-9(2)18-14(16)12-8-19-13(15-12)10-4-6-11(17-3)7-5-10;/h4-12,15H,13-14H2,1-3H3;4-7,9,12H,8H2,1-3H3;1H4/t21-;12-;/m10./s1. The Morgan fingerprint density at radius 2 is 1.33 bits per heavy atom. The van der Waals surface area contributed by atoms with Crippen molar-refractivity contribution >= 4 is 45.5 Å². The van der Waals surface area contributed by atoms with Gasteiger partial charge in [-0.15, -0.1) is 23.5 Å². The van der Waals surface area contributed by atoms with Crippen molar-refractivity contribution < 1.29 is 28.5 Å². The zero-order chi connectivity index (χ0) is 32.4. The van der Waals surface area contributed by atoms with Crippen molar-refractivity contribution in [2.45, 2.75) is 65.3 Å². The second-order valence-electron chi connectivity index (χ2n) is 11.1. The molecule has 2 aliphatic heterocycles. The largest absolute Gasteiger partial charge is 0.497 e. The fraction of sp³-hybridized carbons (Fsp3) is 0.389. The maximum atomic E-state index is 12.9. The van der Waals surface area contributed by atoms with E-state index in [0.717, 1.165) is 38.3 Å². The lowest BCUT2D eigenvalue weighted by molar-refractivity contribution is -0.153. The molecule has 3 aromatic rings. The fourth-order valence-corrected chi connectivity index (χ4v) is 6.78. The van der Waals surface area contributed by atoms with Gasteiger partial charge in [0.25, 0.3) is 0 Å². The Morgan fingerprint density at radius 1 is 0.783 bits per heavy atom. The number of nitrogens with zero attached hydrogens (tertiary/aromatic N) is 2. The van der Waals surface area contributed by atoms with Gasteiger partial charge < -0.3 is 18.9 Å². The van der Waals surface area contributed by atoms with Crippen molar-refractivity contribution in [2.24, 2.45) is 9.98 Å². The molecule has 2 aliphatic rings. The van der Waals surface area contributed by atoms with Crippen LogP contribution in [-0.4, -0.2) is 71.5 Å². The Kier molecular flexibility index (Phi) is 13.8. The van der Waals surface area contributed by atoms with Gasteiger partial charge in [0.15, 0.2) is 11.6 Å². The molecule has 2 atom stereocenters. The molecule has 46 heavy (non-hydrogen) atoms. The number of aliphatic imine (C=N–C) groups is 2. The molecule has 0 saturated carbocycles. The van der Waals surface area contributed by atoms with Gasteiger partial charge in [-0.05, 0) is 81.8 Å². The van der Waals surface area contributed by atoms with E-state index in [1.807, 2.05) is 107 Å². The van der Waals surface area contributed by atoms with Crippen LogP contribution in [-0.2, 0) is 25.5 Å². The van der Waals surface area contributed by atoms with E-state index in [9.17, 15) is 9.59 Å². The molecule has 0 N–H and O–H groups in total. The van der Waals surface area contributed by atoms with Crippen LogP contribution < -0.4 is 9.47 Å². The number of hydrogen-bond donors (Lipinski definition) is 0. The van der Waals surface area contributed by atoms with Crippen molar-refractivity contribution in [1.82, 2.24) is 0 Å². The van der Waals surface area contributed by atoms with Crippen LogP contribution >= 0.6 is 23.5 Å². The van der Waals surface area contributed by atoms with Crippen LogP contribution in [0.1, 0.15) is 51.8 Å². The average Bonchev–Trinajstić information content (AvgIpc) is 3.71. The minimum Gasteiger partial charge on any atom is -0.497 e. The van der Waals surface area contributed by atoms with Gasteiger partial charge in [-0.25, -0.2) is 9.59 Å². The highest BCUT2D eigenvalue weighted by Crippen LogP contribution is 2.35. The highest BCUT2D eigenvalue weighted by Gasteiger charge is 2.45. The van der Waals surface area contributed by atoms with Crippen LogP contribution in [0.5, 0.6) is 11.5 Å². The van der Waals surface area contributed by atoms with Gasteiger partial charge >= 0.3 is 11.9 Å². The minimum atomic E-state index is -0.883. The Labute approximate surface area is 281 Å². The van der Waals surface area contributed by atoms with Gasteiger partial charge in [-0.1, -0.05) is 37.8 Å². The Balaban J connectivity index is 0.000000257. The number of thioether (sulfide) groups is 2. The van der Waals surface area contributed by atoms with Crippen molar-refractivity contribution in [3.63, 3.8) is 0 Å². The molecule has 0 radical (unpaired) electrons. The normalized spacial score (nSPS) is 18.5. The molecular weight excluding hydrogens is 621 g/mol. The van der Waals surface area contributed by atoms with Gasteiger partial charge in [0.05, 0.1) is 36.5 Å². The molecule has 0 aromatic heterocycles. The van der Waals surface area contributed by atoms with Crippen molar-refractivity contribution in [2.75, 3.05) is 25.7 Å². The first-order valence-electron chi connectivity index (χ1n) is 14.8. The van der Waals surface area contributed by atoms with E-state index >= 15 is 0 Å². The summed E-state index contributed by atoms with van der Waals surface area (Å²) in [6.45, 7) is 7.41. The summed E-state index contributed by atoms with van der Waals surface area (Å²) in [6.07, 6.45) is 0.268. The van der Waals surface area contributed by atoms with Crippen LogP contribution in [0.3, 0.4) is 0 Å². The molecular formula is C36H44N2O6S2. The maximum Gasteiger partial charge on any atom is 0.335 e. The smallest absolute Gasteiger partial charge is 0.335 e. The summed E-state index contributed by atoms with van der Waals surface area (Å²) in [4.78, 5) is 34.0. The summed E-state index contributed by atoms with van der Waals surface area (Å²) < 4.78 is 21.1. The maximum absolute atomic E-state index is 12.9. The number of esters is 2. The van der Waals surface area contributed by atoms with Gasteiger partial charge in [-0.2, -0.15) is 0 Å². The number of benzene rings is 3. The molecule has 5 rings (SSSR count). The summed E-state index contributed by atoms with van der Waals surface area (Å²) in [7, 11) is 3.28. The molecule has 3 aromatic carbocycles. The molecule has 0 bridgehead atoms. The third-order valence-corrected chi connectivity index (χ3v) is 9.09. The third-order valence-electron chi connectivity index (χ3n) is 6.77. The van der Waals surface area contributed by atoms with E-state index in [2.05, 4.69) is 4.99 Å². The lowest BCUT2D eigenvalue weighted by atomic mass is 9.93. The molecule has 0 saturated heterocycles. The number of carbonyl (C=O) groups is 2. The topological polar surface area (TPSA) is 95.8 Å². The first kappa shape index (κ1) is 36.7. The van der Waals surface area contributed by atoms with Crippen LogP contribution in [0.25, 0.3) is 0 Å². The number of hydrogen-bond acceptors (Lipinski definition) is 10. The van der Waals surface area contributed by atoms with Crippen LogP contribution in [0, 0.1) is 0 Å². The van der Waals surface area contributed by atoms with E-state index in [1.165, 1.54) is 0 Å². The first-order chi connectivity index (χ1) is 21.6. The summed E-state index contributed by atoms with van der Waals surface area (Å²) in [5.74, 6) is 2.33. The van der Waals surface area contributed by atoms with E-state index in [0.29, 0.717) is 17.9 Å². The lowest BCUT2D eigenvalue weighted by Crippen LogP contribution is -2.42. The molecule has 0 amide bonds. The van der Waals surface area contributed by atoms with Gasteiger partial charge in [0, 0.05) is 29.1 Å². The molecule has 0 unspecified atom stereocenters. The lowest BCUT2D eigenvalue weighted by Gasteiger charge is -2.24. The second-order valence-corrected chi connectivity index (χ2v) is 13.0. The van der Waals surface area contributed by atoms with E-state index < -0.39 is 5.54 Å². The first-order valence-corrected chi connectivity index (χ1v) is 16.8. The van der Waals surface area contributed by atoms with Crippen LogP contribution in [0.2, 0.25) is 0 Å². The van der Waals surface area contributed by atoms with Gasteiger partial charge in [0.1, 0.15) is 11.5 Å². The monoisotopic (exact) mass is 664 g/mol. The predicted octanol–water partition coefficient (Wildman–Crippen LogP) is 7.27. The van der Waals surface area contributed by atoms with Crippen LogP contribution in [0.4, 0.5) is 0 Å². The van der Waals surface area contributed by atoms with Crippen molar-refractivity contribution in [3.8, 4) is 11.5 Å². The highest BCUT2D eigenvalue weighted by atomic mass is 32.2. The SMILES string of the molecule is C.COc1ccc(C2=N[C@@](Cc3ccccc3)(C(=O)OC(C)C)CS2)cc1.COc1ccc(C2=N[C@H](C(=O)OC(C)C)CS2)cc1. The molecule has 0 aliphatic carbocycles. The minimum absolute atomic E-state index is 0. The number of rotatable bonds is 10. The summed E-state index contributed by atoms with van der Waals surface area (Å²) in [5, 5.41) is 1.75. The number of carbonyl (C=O) groups excluding carboxylic acids is 2. The van der Waals surface area contributed by atoms with Gasteiger partial charge in [-0.3, -0.25) is 9.98 Å². The zero-order valence-electron chi connectivity index (χ0n) is 26.5. The van der Waals surface area contributed by atoms with Crippen LogP contribution in [0.15, 0.2) is 88.8 Å². The number of methoxy groups -OCH3 is 2. The highest BCUT2D eigenvalue weighted by molar-refractivity contribution is 8.15. The molecule has 10 heteroatoms. The molecule has 0 fully saturated rings. The summed E-state index contributed by atoms with van der Waals surface area (Å²) in [5.41, 5.74) is 2.19. The predicted molar refractivity (Wildman–Crippen MR) is 190 cm³/mol. The fourth-order valence-electron chi connectivity index (χ4n) is 4.55. The average molecular weight is 665 g/mol. The molecule has 0 spiro atoms. The molecule has 246 valence electrons. The molecule has 8 nitrogen and oxygen atoms in total. The quantitative estimate of drug-likeness (QED) is 0.209. The Bertz CT molecular complexity index is 1490. The zero-order valence-corrected chi connectivity index (χ0v) is 28.2. The Hall–Kier alpha value is -3.76. The van der Waals surface area contributed by atoms with Crippen molar-refractivity contribution in [1.29, 1.82) is 0 Å². The summed E-state index contributed by atoms with van der Waals surface area (Å²) >= 11 is 3.18. The van der Waals surface area contributed by atoms with E-state index in [4.69, 9.17) is 23.9 Å². The molecule has 2 heterocycles. The second kappa shape index (κ2) is 17.2. The van der Waals surface area contributed by atoms with Crippen molar-refractivity contribution in [3.05, 3.63) is 95.6 Å². The summed E-state index contributed by atoms with van der Waals surface area (Å²) in [6, 6.07) is 25.0. The van der Waals surface area contributed by atoms with E-state index in [1.54, 1.807) is 37.7 Å². The third kappa shape index (κ3) is 9.87. The Morgan fingerprint density at radius 3 is 1.85 bits per heavy atom. The number of ether oxygens (including phenoxy) is 4. The van der Waals surface area contributed by atoms with Gasteiger partial charge in [0.2, 0.25) is 0 Å².